The van der Waals surface area contributed by atoms with Crippen molar-refractivity contribution in [2.75, 3.05) is 0 Å². The topological polar surface area (TPSA) is 0 Å². The van der Waals surface area contributed by atoms with E-state index in [1.165, 1.54) is 0 Å². The molecule has 0 amide bonds. The third-order valence-corrected chi connectivity index (χ3v) is 8.51. The molecule has 0 heterocycles. The van der Waals surface area contributed by atoms with Gasteiger partial charge in [0.2, 0.25) is 0 Å². The number of hydrogen-bond donors (Lipinski definition) is 0. The third kappa shape index (κ3) is 4.65. The molecule has 0 N–H and O–H groups in total. The van der Waals surface area contributed by atoms with E-state index in [9.17, 15) is 7.25 Å². The van der Waals surface area contributed by atoms with E-state index in [4.69, 9.17) is 0 Å². The Bertz CT molecular complexity index is 448. The summed E-state index contributed by atoms with van der Waals surface area (Å²) in [5.74, 6) is 0. The first-order valence-electron chi connectivity index (χ1n) is 6.45. The molecule has 0 spiro atoms. The zero-order chi connectivity index (χ0) is 13.9. The van der Waals surface area contributed by atoms with Gasteiger partial charge in [-0.3, -0.25) is 0 Å². The van der Waals surface area contributed by atoms with E-state index in [0.29, 0.717) is 19.3 Å². The van der Waals surface area contributed by atoms with Crippen molar-refractivity contribution < 1.29 is 7.25 Å². The van der Waals surface area contributed by atoms with Gasteiger partial charge in [-0.05, 0) is 0 Å². The van der Waals surface area contributed by atoms with Crippen LogP contribution in [0.3, 0.4) is 0 Å². The number of alkyl halides is 1. The molecular weight excluding hydrogens is 472 g/mol. The van der Waals surface area contributed by atoms with Crippen molar-refractivity contribution in [3.63, 3.8) is 0 Å². The maximum absolute atomic E-state index is 14.3. The minimum atomic E-state index is -2.75. The summed E-state index contributed by atoms with van der Waals surface area (Å²) in [4.78, 5) is 0. The molecule has 1 saturated carbocycles. The Morgan fingerprint density at radius 3 is 2.47 bits per heavy atom. The van der Waals surface area contributed by atoms with E-state index in [-0.39, 0.29) is 0 Å². The van der Waals surface area contributed by atoms with Gasteiger partial charge in [0.1, 0.15) is 0 Å². The van der Waals surface area contributed by atoms with Crippen LogP contribution in [0.15, 0.2) is 31.9 Å². The summed E-state index contributed by atoms with van der Waals surface area (Å²) in [5.41, 5.74) is 0.0671. The predicted octanol–water partition coefficient (Wildman–Crippen LogP) is 6.50. The molecule has 1 aliphatic rings. The molecule has 1 aliphatic carbocycles. The van der Waals surface area contributed by atoms with E-state index >= 15 is 0 Å². The van der Waals surface area contributed by atoms with Gasteiger partial charge in [-0.1, -0.05) is 0 Å². The molecule has 0 aromatic heterocycles. The van der Waals surface area contributed by atoms with Crippen molar-refractivity contribution in [3.05, 3.63) is 41.1 Å². The molecule has 0 nitrogen and oxygen atoms in total. The van der Waals surface area contributed by atoms with Crippen LogP contribution in [-0.2, 0) is 0 Å². The SMILES string of the molecule is Cc1ccc(I(F)/C=C(/I)CC2(F)CCCC2)cc1. The van der Waals surface area contributed by atoms with Gasteiger partial charge in [-0.2, -0.15) is 0 Å². The average molecular weight is 490 g/mol. The molecule has 0 bridgehead atoms. The summed E-state index contributed by atoms with van der Waals surface area (Å²) in [6.45, 7) is 1.99. The summed E-state index contributed by atoms with van der Waals surface area (Å²) in [6, 6.07) is 7.60. The fraction of sp³-hybridized carbons (Fsp3) is 0.467. The monoisotopic (exact) mass is 490 g/mol. The van der Waals surface area contributed by atoms with Crippen LogP contribution in [0.1, 0.15) is 37.7 Å². The Labute approximate surface area is 135 Å². The van der Waals surface area contributed by atoms with E-state index in [1.807, 2.05) is 31.2 Å². The number of benzene rings is 1. The Morgan fingerprint density at radius 1 is 1.32 bits per heavy atom. The van der Waals surface area contributed by atoms with E-state index < -0.39 is 26.1 Å². The van der Waals surface area contributed by atoms with Crippen LogP contribution < -0.4 is 0 Å². The molecular formula is C15H18F2I2. The first kappa shape index (κ1) is 15.7. The fourth-order valence-corrected chi connectivity index (χ4v) is 6.64. The molecule has 0 unspecified atom stereocenters. The molecule has 2 rings (SSSR count). The van der Waals surface area contributed by atoms with Crippen molar-refractivity contribution >= 4 is 43.0 Å². The second-order valence-electron chi connectivity index (χ2n) is 5.15. The minimum absolute atomic E-state index is 0.400. The average Bonchev–Trinajstić information content (AvgIpc) is 2.76. The number of hydrogen-bond acceptors (Lipinski definition) is 0. The van der Waals surface area contributed by atoms with Crippen LogP contribution >= 0.6 is 43.0 Å². The molecule has 106 valence electrons. The zero-order valence-corrected chi connectivity index (χ0v) is 15.2. The molecule has 0 aliphatic heterocycles. The molecule has 1 aromatic rings. The van der Waals surface area contributed by atoms with Crippen LogP contribution in [0.5, 0.6) is 0 Å². The molecule has 1 fully saturated rings. The third-order valence-electron chi connectivity index (χ3n) is 3.42. The van der Waals surface area contributed by atoms with Gasteiger partial charge in [0.05, 0.1) is 0 Å². The quantitative estimate of drug-likeness (QED) is 0.423. The summed E-state index contributed by atoms with van der Waals surface area (Å²) >= 11 is -0.639. The zero-order valence-electron chi connectivity index (χ0n) is 10.9. The number of aryl methyl sites for hydroxylation is 1. The first-order chi connectivity index (χ1) is 8.98. The normalized spacial score (nSPS) is 19.6. The van der Waals surface area contributed by atoms with Gasteiger partial charge in [0, 0.05) is 0 Å². The van der Waals surface area contributed by atoms with Gasteiger partial charge < -0.3 is 0 Å². The van der Waals surface area contributed by atoms with E-state index in [0.717, 1.165) is 25.6 Å². The van der Waals surface area contributed by atoms with Crippen LogP contribution in [0, 0.1) is 10.5 Å². The Morgan fingerprint density at radius 2 is 1.89 bits per heavy atom. The molecule has 0 atom stereocenters. The van der Waals surface area contributed by atoms with Crippen molar-refractivity contribution in [1.82, 2.24) is 0 Å². The van der Waals surface area contributed by atoms with E-state index in [1.54, 1.807) is 4.08 Å². The predicted molar refractivity (Wildman–Crippen MR) is 94.0 cm³/mol. The van der Waals surface area contributed by atoms with Gasteiger partial charge >= 0.3 is 136 Å². The van der Waals surface area contributed by atoms with Crippen LogP contribution in [-0.4, -0.2) is 5.67 Å². The number of rotatable bonds is 4. The first-order valence-corrected chi connectivity index (χ1v) is 10.7. The van der Waals surface area contributed by atoms with Crippen molar-refractivity contribution in [1.29, 1.82) is 0 Å². The summed E-state index contributed by atoms with van der Waals surface area (Å²) in [6.07, 6.45) is 3.61. The van der Waals surface area contributed by atoms with E-state index in [2.05, 4.69) is 22.6 Å². The summed E-state index contributed by atoms with van der Waals surface area (Å²) in [5, 5.41) is 0. The molecule has 0 saturated heterocycles. The second kappa shape index (κ2) is 6.83. The van der Waals surface area contributed by atoms with Gasteiger partial charge in [0.25, 0.3) is 0 Å². The van der Waals surface area contributed by atoms with Crippen LogP contribution in [0.25, 0.3) is 0 Å². The van der Waals surface area contributed by atoms with Gasteiger partial charge in [-0.15, -0.1) is 0 Å². The molecule has 4 heteroatoms. The maximum atomic E-state index is 14.3. The standard InChI is InChI=1S/C15H18F2I2/c1-12-4-6-14(7-5-12)19(17)11-13(18)10-15(16)8-2-3-9-15/h4-7,11H,2-3,8-10H2,1H3/b13-11+. The Balaban J connectivity index is 2.01. The van der Waals surface area contributed by atoms with Crippen molar-refractivity contribution in [2.45, 2.75) is 44.7 Å². The second-order valence-corrected chi connectivity index (χ2v) is 9.90. The molecule has 19 heavy (non-hydrogen) atoms. The van der Waals surface area contributed by atoms with Crippen LogP contribution in [0.2, 0.25) is 0 Å². The van der Waals surface area contributed by atoms with Gasteiger partial charge in [-0.25, -0.2) is 0 Å². The Kier molecular flexibility index (Phi) is 5.63. The summed E-state index contributed by atoms with van der Waals surface area (Å²) in [7, 11) is 0. The Hall–Kier alpha value is 0.280. The van der Waals surface area contributed by atoms with Gasteiger partial charge in [0.15, 0.2) is 0 Å². The fourth-order valence-electron chi connectivity index (χ4n) is 2.35. The van der Waals surface area contributed by atoms with Crippen molar-refractivity contribution in [2.24, 2.45) is 0 Å². The van der Waals surface area contributed by atoms with Crippen molar-refractivity contribution in [3.8, 4) is 0 Å². The molecule has 0 radical (unpaired) electrons. The number of halogens is 4. The number of allylic oxidation sites excluding steroid dienone is 1. The summed E-state index contributed by atoms with van der Waals surface area (Å²) < 4.78 is 31.9. The van der Waals surface area contributed by atoms with Crippen LogP contribution in [0.4, 0.5) is 7.25 Å². The molecule has 1 aromatic carbocycles.